The summed E-state index contributed by atoms with van der Waals surface area (Å²) in [5.41, 5.74) is 0. The Kier molecular flexibility index (Phi) is 36.5. The lowest BCUT2D eigenvalue weighted by Crippen LogP contribution is -1.85. The van der Waals surface area contributed by atoms with Crippen molar-refractivity contribution in [3.63, 3.8) is 0 Å². The Morgan fingerprint density at radius 3 is 0.775 bits per heavy atom. The molecule has 0 radical (unpaired) electrons. The van der Waals surface area contributed by atoms with Gasteiger partial charge in [0.2, 0.25) is 0 Å². The standard InChI is InChI=1S/C40H80/c1-4-5-6-7-8-9-10-11-12-13-14-15-16-17-18-19-20-21-22-23-24-25-26-27-28-29-30-31-32-33-34-35-36-37-38-39-40(2)3/h36-37,40H,4-35,38-39H2,1-3H3. The van der Waals surface area contributed by atoms with Crippen LogP contribution in [0.25, 0.3) is 0 Å². The molecular weight excluding hydrogens is 480 g/mol. The summed E-state index contributed by atoms with van der Waals surface area (Å²) in [6.45, 7) is 6.94. The van der Waals surface area contributed by atoms with Crippen molar-refractivity contribution in [1.82, 2.24) is 0 Å². The first-order valence-electron chi connectivity index (χ1n) is 19.4. The highest BCUT2D eigenvalue weighted by Gasteiger charge is 1.97. The smallest absolute Gasteiger partial charge is 0.0348 e. The number of rotatable bonds is 35. The average Bonchev–Trinajstić information content (AvgIpc) is 2.95. The molecule has 0 amide bonds. The molecular formula is C40H80. The highest BCUT2D eigenvalue weighted by molar-refractivity contribution is 4.81. The fourth-order valence-electron chi connectivity index (χ4n) is 6.13. The highest BCUT2D eigenvalue weighted by Crippen LogP contribution is 2.17. The fraction of sp³-hybridized carbons (Fsp3) is 0.950. The van der Waals surface area contributed by atoms with E-state index in [1.54, 1.807) is 0 Å². The molecule has 0 saturated heterocycles. The molecule has 0 aromatic carbocycles. The van der Waals surface area contributed by atoms with Gasteiger partial charge < -0.3 is 0 Å². The van der Waals surface area contributed by atoms with Crippen LogP contribution in [0, 0.1) is 5.92 Å². The molecule has 0 bridgehead atoms. The average molecular weight is 561 g/mol. The first-order valence-corrected chi connectivity index (χ1v) is 19.4. The maximum Gasteiger partial charge on any atom is -0.0348 e. The van der Waals surface area contributed by atoms with Crippen LogP contribution in [0.15, 0.2) is 12.2 Å². The van der Waals surface area contributed by atoms with Crippen molar-refractivity contribution in [1.29, 1.82) is 0 Å². The molecule has 0 atom stereocenters. The molecule has 240 valence electrons. The molecule has 0 saturated carbocycles. The monoisotopic (exact) mass is 561 g/mol. The van der Waals surface area contributed by atoms with Crippen LogP contribution in [-0.4, -0.2) is 0 Å². The van der Waals surface area contributed by atoms with E-state index in [0.29, 0.717) is 0 Å². The van der Waals surface area contributed by atoms with Gasteiger partial charge >= 0.3 is 0 Å². The van der Waals surface area contributed by atoms with E-state index in [4.69, 9.17) is 0 Å². The number of hydrogen-bond acceptors (Lipinski definition) is 0. The Morgan fingerprint density at radius 2 is 0.525 bits per heavy atom. The van der Waals surface area contributed by atoms with E-state index < -0.39 is 0 Å². The Balaban J connectivity index is 3.05. The van der Waals surface area contributed by atoms with Gasteiger partial charge in [-0.25, -0.2) is 0 Å². The molecule has 0 unspecified atom stereocenters. The van der Waals surface area contributed by atoms with E-state index in [1.165, 1.54) is 218 Å². The minimum absolute atomic E-state index is 0.845. The molecule has 0 aromatic heterocycles. The summed E-state index contributed by atoms with van der Waals surface area (Å²) in [7, 11) is 0. The summed E-state index contributed by atoms with van der Waals surface area (Å²) in [6.07, 6.45) is 54.5. The quantitative estimate of drug-likeness (QED) is 0.0534. The zero-order valence-corrected chi connectivity index (χ0v) is 28.8. The predicted octanol–water partition coefficient (Wildman–Crippen LogP) is 15.5. The van der Waals surface area contributed by atoms with Crippen molar-refractivity contribution < 1.29 is 0 Å². The summed E-state index contributed by atoms with van der Waals surface area (Å²) in [4.78, 5) is 0. The molecule has 0 N–H and O–H groups in total. The van der Waals surface area contributed by atoms with Crippen LogP contribution in [-0.2, 0) is 0 Å². The third-order valence-electron chi connectivity index (χ3n) is 9.05. The van der Waals surface area contributed by atoms with E-state index in [-0.39, 0.29) is 0 Å². The third-order valence-corrected chi connectivity index (χ3v) is 9.05. The van der Waals surface area contributed by atoms with E-state index in [0.717, 1.165) is 5.92 Å². The van der Waals surface area contributed by atoms with Crippen molar-refractivity contribution >= 4 is 0 Å². The van der Waals surface area contributed by atoms with Gasteiger partial charge in [0.05, 0.1) is 0 Å². The second kappa shape index (κ2) is 36.8. The van der Waals surface area contributed by atoms with E-state index >= 15 is 0 Å². The number of allylic oxidation sites excluding steroid dienone is 2. The van der Waals surface area contributed by atoms with Crippen LogP contribution in [0.4, 0.5) is 0 Å². The number of hydrogen-bond donors (Lipinski definition) is 0. The van der Waals surface area contributed by atoms with Gasteiger partial charge in [-0.05, 0) is 31.6 Å². The molecule has 0 fully saturated rings. The highest BCUT2D eigenvalue weighted by atomic mass is 14.0. The van der Waals surface area contributed by atoms with Gasteiger partial charge in [-0.3, -0.25) is 0 Å². The molecule has 0 aliphatic heterocycles. The van der Waals surface area contributed by atoms with Gasteiger partial charge in [0, 0.05) is 0 Å². The zero-order chi connectivity index (χ0) is 29.0. The minimum Gasteiger partial charge on any atom is -0.0885 e. The van der Waals surface area contributed by atoms with Crippen LogP contribution in [0.3, 0.4) is 0 Å². The van der Waals surface area contributed by atoms with Gasteiger partial charge in [-0.15, -0.1) is 0 Å². The minimum atomic E-state index is 0.845. The maximum absolute atomic E-state index is 2.42. The SMILES string of the molecule is CCCCCCCCCCCCCCCCCCCCCCCCCCCCCCCCCC=CCCC(C)C. The van der Waals surface area contributed by atoms with Crippen molar-refractivity contribution in [3.05, 3.63) is 12.2 Å². The van der Waals surface area contributed by atoms with E-state index in [1.807, 2.05) is 0 Å². The van der Waals surface area contributed by atoms with Crippen LogP contribution in [0.1, 0.15) is 239 Å². The summed E-state index contributed by atoms with van der Waals surface area (Å²) >= 11 is 0. The summed E-state index contributed by atoms with van der Waals surface area (Å²) < 4.78 is 0. The van der Waals surface area contributed by atoms with Crippen LogP contribution >= 0.6 is 0 Å². The summed E-state index contributed by atoms with van der Waals surface area (Å²) in [6, 6.07) is 0. The summed E-state index contributed by atoms with van der Waals surface area (Å²) in [5.74, 6) is 0.845. The van der Waals surface area contributed by atoms with Crippen molar-refractivity contribution in [2.75, 3.05) is 0 Å². The van der Waals surface area contributed by atoms with Crippen LogP contribution < -0.4 is 0 Å². The van der Waals surface area contributed by atoms with Crippen molar-refractivity contribution in [2.24, 2.45) is 5.92 Å². The van der Waals surface area contributed by atoms with Crippen molar-refractivity contribution in [2.45, 2.75) is 239 Å². The van der Waals surface area contributed by atoms with Gasteiger partial charge in [0.15, 0.2) is 0 Å². The van der Waals surface area contributed by atoms with E-state index in [2.05, 4.69) is 32.9 Å². The summed E-state index contributed by atoms with van der Waals surface area (Å²) in [5, 5.41) is 0. The third kappa shape index (κ3) is 37.7. The molecule has 0 aliphatic rings. The number of unbranched alkanes of at least 4 members (excludes halogenated alkanes) is 31. The van der Waals surface area contributed by atoms with Crippen LogP contribution in [0.5, 0.6) is 0 Å². The van der Waals surface area contributed by atoms with E-state index in [9.17, 15) is 0 Å². The van der Waals surface area contributed by atoms with Gasteiger partial charge in [0.25, 0.3) is 0 Å². The largest absolute Gasteiger partial charge is 0.0885 e. The Morgan fingerprint density at radius 1 is 0.300 bits per heavy atom. The van der Waals surface area contributed by atoms with Crippen molar-refractivity contribution in [3.8, 4) is 0 Å². The first kappa shape index (κ1) is 39.7. The molecule has 0 heterocycles. The second-order valence-corrected chi connectivity index (χ2v) is 13.8. The maximum atomic E-state index is 2.42. The van der Waals surface area contributed by atoms with Gasteiger partial charge in [0.1, 0.15) is 0 Å². The van der Waals surface area contributed by atoms with Gasteiger partial charge in [-0.1, -0.05) is 226 Å². The lowest BCUT2D eigenvalue weighted by atomic mass is 10.0. The molecule has 0 aromatic rings. The predicted molar refractivity (Wildman–Crippen MR) is 187 cm³/mol. The Hall–Kier alpha value is -0.260. The molecule has 0 nitrogen and oxygen atoms in total. The first-order chi connectivity index (χ1) is 19.8. The Labute approximate surface area is 256 Å². The molecule has 0 heteroatoms. The zero-order valence-electron chi connectivity index (χ0n) is 28.8. The van der Waals surface area contributed by atoms with Crippen LogP contribution in [0.2, 0.25) is 0 Å². The second-order valence-electron chi connectivity index (χ2n) is 13.8. The molecule has 40 heavy (non-hydrogen) atoms. The molecule has 0 aliphatic carbocycles. The topological polar surface area (TPSA) is 0 Å². The Bertz CT molecular complexity index is 447. The fourth-order valence-corrected chi connectivity index (χ4v) is 6.13. The van der Waals surface area contributed by atoms with Gasteiger partial charge in [-0.2, -0.15) is 0 Å². The lowest BCUT2D eigenvalue weighted by Gasteiger charge is -2.04. The molecule has 0 rings (SSSR count). The lowest BCUT2D eigenvalue weighted by molar-refractivity contribution is 0.512. The normalized spacial score (nSPS) is 11.9. The molecule has 0 spiro atoms.